The zero-order chi connectivity index (χ0) is 13.1. The number of rotatable bonds is 6. The Hall–Kier alpha value is -1.33. The number of carboxylic acids is 1. The van der Waals surface area contributed by atoms with Gasteiger partial charge in [0.2, 0.25) is 5.76 Å². The third-order valence-electron chi connectivity index (χ3n) is 2.94. The van der Waals surface area contributed by atoms with E-state index in [1.807, 2.05) is 14.1 Å². The maximum atomic E-state index is 10.6. The van der Waals surface area contributed by atoms with Gasteiger partial charge in [0.25, 0.3) is 0 Å². The summed E-state index contributed by atoms with van der Waals surface area (Å²) >= 11 is 0. The molecule has 1 heterocycles. The first kappa shape index (κ1) is 13.7. The van der Waals surface area contributed by atoms with Gasteiger partial charge < -0.3 is 19.7 Å². The number of aromatic carboxylic acids is 1. The molecule has 5 nitrogen and oxygen atoms in total. The Labute approximate surface area is 101 Å². The van der Waals surface area contributed by atoms with Crippen LogP contribution in [-0.4, -0.2) is 42.2 Å². The van der Waals surface area contributed by atoms with E-state index in [9.17, 15) is 4.79 Å². The highest BCUT2D eigenvalue weighted by Gasteiger charge is 2.19. The molecule has 0 aliphatic carbocycles. The lowest BCUT2D eigenvalue weighted by Crippen LogP contribution is -2.46. The van der Waals surface area contributed by atoms with Crippen LogP contribution in [0.2, 0.25) is 0 Å². The predicted molar refractivity (Wildman–Crippen MR) is 65.1 cm³/mol. The van der Waals surface area contributed by atoms with Gasteiger partial charge in [-0.05, 0) is 40.1 Å². The van der Waals surface area contributed by atoms with Crippen molar-refractivity contribution in [3.63, 3.8) is 0 Å². The van der Waals surface area contributed by atoms with Crippen molar-refractivity contribution in [1.82, 2.24) is 10.2 Å². The van der Waals surface area contributed by atoms with Crippen LogP contribution in [0.4, 0.5) is 0 Å². The molecule has 0 aliphatic heterocycles. The lowest BCUT2D eigenvalue weighted by Gasteiger charge is -2.32. The Morgan fingerprint density at radius 3 is 2.59 bits per heavy atom. The number of nitrogens with zero attached hydrogens (tertiary/aromatic N) is 1. The molecule has 5 heteroatoms. The van der Waals surface area contributed by atoms with Gasteiger partial charge in [0.15, 0.2) is 0 Å². The molecular weight excluding hydrogens is 220 g/mol. The summed E-state index contributed by atoms with van der Waals surface area (Å²) in [5.74, 6) is -0.421. The highest BCUT2D eigenvalue weighted by atomic mass is 16.4. The molecule has 0 aromatic carbocycles. The summed E-state index contributed by atoms with van der Waals surface area (Å²) < 4.78 is 5.14. The summed E-state index contributed by atoms with van der Waals surface area (Å²) in [5.41, 5.74) is 0.0439. The highest BCUT2D eigenvalue weighted by molar-refractivity contribution is 5.84. The van der Waals surface area contributed by atoms with Crippen molar-refractivity contribution in [2.24, 2.45) is 0 Å². The Bertz CT molecular complexity index is 383. The van der Waals surface area contributed by atoms with Crippen LogP contribution in [0.15, 0.2) is 16.5 Å². The molecule has 0 fully saturated rings. The number of carbonyl (C=O) groups is 1. The standard InChI is InChI=1S/C12H20N2O3/c1-12(2,14(3)4)8-13-7-9-5-6-10(17-9)11(15)16/h5-6,13H,7-8H2,1-4H3,(H,15,16). The second-order valence-electron chi connectivity index (χ2n) is 4.88. The Morgan fingerprint density at radius 1 is 1.47 bits per heavy atom. The van der Waals surface area contributed by atoms with Gasteiger partial charge in [-0.25, -0.2) is 4.79 Å². The van der Waals surface area contributed by atoms with Crippen molar-refractivity contribution in [3.05, 3.63) is 23.7 Å². The summed E-state index contributed by atoms with van der Waals surface area (Å²) in [6, 6.07) is 3.15. The Morgan fingerprint density at radius 2 is 2.12 bits per heavy atom. The monoisotopic (exact) mass is 240 g/mol. The van der Waals surface area contributed by atoms with Gasteiger partial charge in [0, 0.05) is 12.1 Å². The minimum atomic E-state index is -1.04. The maximum absolute atomic E-state index is 10.6. The van der Waals surface area contributed by atoms with Crippen LogP contribution in [-0.2, 0) is 6.54 Å². The maximum Gasteiger partial charge on any atom is 0.371 e. The number of nitrogens with one attached hydrogen (secondary N) is 1. The van der Waals surface area contributed by atoms with Crippen LogP contribution >= 0.6 is 0 Å². The molecule has 0 spiro atoms. The van der Waals surface area contributed by atoms with E-state index >= 15 is 0 Å². The van der Waals surface area contributed by atoms with Crippen LogP contribution in [0.5, 0.6) is 0 Å². The van der Waals surface area contributed by atoms with Crippen molar-refractivity contribution in [3.8, 4) is 0 Å². The molecule has 0 bridgehead atoms. The molecule has 1 rings (SSSR count). The van der Waals surface area contributed by atoms with Gasteiger partial charge in [-0.2, -0.15) is 0 Å². The molecule has 1 aromatic heterocycles. The number of furan rings is 1. The number of hydrogen-bond acceptors (Lipinski definition) is 4. The van der Waals surface area contributed by atoms with Crippen LogP contribution in [0.3, 0.4) is 0 Å². The summed E-state index contributed by atoms with van der Waals surface area (Å²) in [5, 5.41) is 12.0. The van der Waals surface area contributed by atoms with Crippen LogP contribution in [0.25, 0.3) is 0 Å². The SMILES string of the molecule is CN(C)C(C)(C)CNCc1ccc(C(=O)O)o1. The fraction of sp³-hybridized carbons (Fsp3) is 0.583. The number of likely N-dealkylation sites (N-methyl/N-ethyl adjacent to an activating group) is 1. The molecule has 2 N–H and O–H groups in total. The first-order chi connectivity index (χ1) is 7.83. The van der Waals surface area contributed by atoms with E-state index in [1.54, 1.807) is 6.07 Å². The zero-order valence-corrected chi connectivity index (χ0v) is 10.8. The minimum absolute atomic E-state index is 0.0198. The predicted octanol–water partition coefficient (Wildman–Crippen LogP) is 1.41. The van der Waals surface area contributed by atoms with Gasteiger partial charge >= 0.3 is 5.97 Å². The van der Waals surface area contributed by atoms with Crippen molar-refractivity contribution < 1.29 is 14.3 Å². The second-order valence-corrected chi connectivity index (χ2v) is 4.88. The fourth-order valence-corrected chi connectivity index (χ4v) is 1.24. The van der Waals surface area contributed by atoms with Gasteiger partial charge in [-0.1, -0.05) is 0 Å². The molecule has 0 unspecified atom stereocenters. The molecular formula is C12H20N2O3. The molecule has 0 amide bonds. The van der Waals surface area contributed by atoms with Gasteiger partial charge in [0.05, 0.1) is 6.54 Å². The van der Waals surface area contributed by atoms with Gasteiger partial charge in [0.1, 0.15) is 5.76 Å². The number of carboxylic acid groups (broad SMARTS) is 1. The van der Waals surface area contributed by atoms with Crippen molar-refractivity contribution >= 4 is 5.97 Å². The molecule has 0 saturated carbocycles. The topological polar surface area (TPSA) is 65.7 Å². The summed E-state index contributed by atoms with van der Waals surface area (Å²) in [6.45, 7) is 5.59. The minimum Gasteiger partial charge on any atom is -0.475 e. The third-order valence-corrected chi connectivity index (χ3v) is 2.94. The third kappa shape index (κ3) is 3.87. The van der Waals surface area contributed by atoms with E-state index in [1.165, 1.54) is 6.07 Å². The Balaban J connectivity index is 2.43. The zero-order valence-electron chi connectivity index (χ0n) is 10.8. The normalized spacial score (nSPS) is 12.1. The van der Waals surface area contributed by atoms with Crippen molar-refractivity contribution in [2.75, 3.05) is 20.6 Å². The smallest absolute Gasteiger partial charge is 0.371 e. The highest BCUT2D eigenvalue weighted by Crippen LogP contribution is 2.10. The quantitative estimate of drug-likeness (QED) is 0.787. The van der Waals surface area contributed by atoms with Crippen molar-refractivity contribution in [2.45, 2.75) is 25.9 Å². The van der Waals surface area contributed by atoms with E-state index in [0.29, 0.717) is 12.3 Å². The molecule has 17 heavy (non-hydrogen) atoms. The van der Waals surface area contributed by atoms with E-state index in [-0.39, 0.29) is 11.3 Å². The molecule has 96 valence electrons. The Kier molecular flexibility index (Phi) is 4.31. The lowest BCUT2D eigenvalue weighted by molar-refractivity contribution is 0.0660. The molecule has 1 aromatic rings. The van der Waals surface area contributed by atoms with E-state index in [0.717, 1.165) is 6.54 Å². The summed E-state index contributed by atoms with van der Waals surface area (Å²) in [7, 11) is 4.05. The van der Waals surface area contributed by atoms with Crippen LogP contribution in [0.1, 0.15) is 30.2 Å². The molecule has 0 saturated heterocycles. The first-order valence-corrected chi connectivity index (χ1v) is 5.53. The van der Waals surface area contributed by atoms with Crippen LogP contribution < -0.4 is 5.32 Å². The van der Waals surface area contributed by atoms with Gasteiger partial charge in [-0.15, -0.1) is 0 Å². The largest absolute Gasteiger partial charge is 0.475 e. The average molecular weight is 240 g/mol. The second kappa shape index (κ2) is 5.33. The summed E-state index contributed by atoms with van der Waals surface area (Å²) in [4.78, 5) is 12.7. The van der Waals surface area contributed by atoms with E-state index in [2.05, 4.69) is 24.1 Å². The molecule has 0 atom stereocenters. The van der Waals surface area contributed by atoms with Gasteiger partial charge in [-0.3, -0.25) is 0 Å². The van der Waals surface area contributed by atoms with E-state index < -0.39 is 5.97 Å². The lowest BCUT2D eigenvalue weighted by atomic mass is 10.0. The average Bonchev–Trinajstić information content (AvgIpc) is 2.66. The summed E-state index contributed by atoms with van der Waals surface area (Å²) in [6.07, 6.45) is 0. The van der Waals surface area contributed by atoms with Crippen molar-refractivity contribution in [1.29, 1.82) is 0 Å². The number of hydrogen-bond donors (Lipinski definition) is 2. The fourth-order valence-electron chi connectivity index (χ4n) is 1.24. The van der Waals surface area contributed by atoms with Crippen LogP contribution in [0, 0.1) is 0 Å². The molecule has 0 aliphatic rings. The van der Waals surface area contributed by atoms with E-state index in [4.69, 9.17) is 9.52 Å². The first-order valence-electron chi connectivity index (χ1n) is 5.53. The molecule has 0 radical (unpaired) electrons.